The van der Waals surface area contributed by atoms with Crippen molar-refractivity contribution in [2.24, 2.45) is 5.41 Å². The Morgan fingerprint density at radius 1 is 0.950 bits per heavy atom. The number of alkyl halides is 7. The third-order valence-electron chi connectivity index (χ3n) is 2.06. The first-order valence-electron chi connectivity index (χ1n) is 4.81. The summed E-state index contributed by atoms with van der Waals surface area (Å²) in [7, 11) is 0. The van der Waals surface area contributed by atoms with Crippen molar-refractivity contribution in [2.45, 2.75) is 38.8 Å². The van der Waals surface area contributed by atoms with Crippen molar-refractivity contribution in [3.63, 3.8) is 0 Å². The molecule has 0 aliphatic heterocycles. The van der Waals surface area contributed by atoms with Gasteiger partial charge in [0.05, 0.1) is 0 Å². The van der Waals surface area contributed by atoms with Crippen molar-refractivity contribution in [3.05, 3.63) is 11.8 Å². The average Bonchev–Trinajstić information content (AvgIpc) is 2.13. The molecule has 0 aliphatic carbocycles. The zero-order valence-corrected chi connectivity index (χ0v) is 11.8. The second kappa shape index (κ2) is 6.07. The van der Waals surface area contributed by atoms with E-state index in [9.17, 15) is 40.6 Å². The van der Waals surface area contributed by atoms with Crippen molar-refractivity contribution < 1.29 is 63.0 Å². The number of halogens is 7. The maximum atomic E-state index is 12.8. The molecule has 20 heavy (non-hydrogen) atoms. The Morgan fingerprint density at radius 2 is 1.30 bits per heavy atom. The molecule has 0 aromatic carbocycles. The van der Waals surface area contributed by atoms with E-state index in [0.29, 0.717) is 0 Å². The predicted octanol–water partition coefficient (Wildman–Crippen LogP) is 2.68. The minimum absolute atomic E-state index is 0. The fourth-order valence-electron chi connectivity index (χ4n) is 0.759. The van der Waals surface area contributed by atoms with Gasteiger partial charge in [0.25, 0.3) is 0 Å². The van der Waals surface area contributed by atoms with Crippen LogP contribution in [0.25, 0.3) is 0 Å². The summed E-state index contributed by atoms with van der Waals surface area (Å²) < 4.78 is 86.0. The van der Waals surface area contributed by atoms with Crippen molar-refractivity contribution >= 4 is 5.78 Å². The van der Waals surface area contributed by atoms with E-state index in [1.807, 2.05) is 0 Å². The molecule has 0 rings (SSSR count). The van der Waals surface area contributed by atoms with E-state index < -0.39 is 41.1 Å². The number of carbonyl (C=O) groups is 1. The van der Waals surface area contributed by atoms with Crippen molar-refractivity contribution in [1.82, 2.24) is 0 Å². The molecule has 0 heterocycles. The zero-order chi connectivity index (χ0) is 15.9. The first kappa shape index (κ1) is 21.8. The minimum Gasteiger partial charge on any atom is -0.875 e. The van der Waals surface area contributed by atoms with Crippen LogP contribution in [0.5, 0.6) is 0 Å². The van der Waals surface area contributed by atoms with Gasteiger partial charge in [-0.2, -0.15) is 30.7 Å². The van der Waals surface area contributed by atoms with Gasteiger partial charge in [0.15, 0.2) is 0 Å². The Morgan fingerprint density at radius 3 is 1.55 bits per heavy atom. The molecule has 0 aliphatic rings. The Kier molecular flexibility index (Phi) is 6.60. The molecule has 0 unspecified atom stereocenters. The molecule has 0 N–H and O–H groups in total. The fraction of sp³-hybridized carbons (Fsp3) is 0.700. The summed E-state index contributed by atoms with van der Waals surface area (Å²) in [6.07, 6.45) is -7.04. The number of carbonyl (C=O) groups excluding carboxylic acids is 1. The molecule has 10 heteroatoms. The Labute approximate surface area is 125 Å². The SMILES string of the molecule is CC(C)(C)/C([O-])=C/C(=O)C(F)(F)C(F)(F)C(F)(F)F.[Ag+]. The standard InChI is InChI=1S/C10H11F7O2.Ag/c1-7(2,3)5(18)4-6(19)8(11,12)9(13,14)10(15,16)17;/h4,18H,1-3H3;/q;+1/p-1/b5-4-;. The Balaban J connectivity index is 0. The van der Waals surface area contributed by atoms with Gasteiger partial charge in [0.2, 0.25) is 5.78 Å². The van der Waals surface area contributed by atoms with Gasteiger partial charge >= 0.3 is 40.4 Å². The predicted molar refractivity (Wildman–Crippen MR) is 48.5 cm³/mol. The van der Waals surface area contributed by atoms with Gasteiger partial charge in [0.1, 0.15) is 0 Å². The average molecular weight is 403 g/mol. The van der Waals surface area contributed by atoms with E-state index in [1.54, 1.807) is 0 Å². The molecular formula is C10H10AgF7O2. The van der Waals surface area contributed by atoms with Gasteiger partial charge in [-0.15, -0.1) is 5.76 Å². The van der Waals surface area contributed by atoms with E-state index in [0.717, 1.165) is 0 Å². The number of allylic oxidation sites excluding steroid dienone is 2. The van der Waals surface area contributed by atoms with Crippen LogP contribution in [0, 0.1) is 5.41 Å². The fourth-order valence-corrected chi connectivity index (χ4v) is 0.759. The second-order valence-corrected chi connectivity index (χ2v) is 4.77. The number of hydrogen-bond donors (Lipinski definition) is 0. The summed E-state index contributed by atoms with van der Waals surface area (Å²) in [6, 6.07) is 0. The molecule has 2 nitrogen and oxygen atoms in total. The van der Waals surface area contributed by atoms with Crippen LogP contribution in [0.2, 0.25) is 0 Å². The smallest absolute Gasteiger partial charge is 0.875 e. The van der Waals surface area contributed by atoms with E-state index in [1.165, 1.54) is 20.8 Å². The molecule has 0 spiro atoms. The summed E-state index contributed by atoms with van der Waals surface area (Å²) >= 11 is 0. The van der Waals surface area contributed by atoms with Crippen LogP contribution in [-0.2, 0) is 27.2 Å². The summed E-state index contributed by atoms with van der Waals surface area (Å²) in [5, 5.41) is 11.2. The molecule has 0 saturated heterocycles. The van der Waals surface area contributed by atoms with Crippen LogP contribution in [0.15, 0.2) is 11.8 Å². The quantitative estimate of drug-likeness (QED) is 0.315. The monoisotopic (exact) mass is 402 g/mol. The summed E-state index contributed by atoms with van der Waals surface area (Å²) in [5.41, 5.74) is -1.36. The maximum Gasteiger partial charge on any atom is 1.00 e. The van der Waals surface area contributed by atoms with E-state index in [4.69, 9.17) is 0 Å². The molecule has 0 saturated carbocycles. The van der Waals surface area contributed by atoms with Crippen molar-refractivity contribution in [3.8, 4) is 0 Å². The van der Waals surface area contributed by atoms with Crippen LogP contribution in [0.3, 0.4) is 0 Å². The molecule has 0 aromatic heterocycles. The molecule has 0 fully saturated rings. The van der Waals surface area contributed by atoms with Crippen molar-refractivity contribution in [2.75, 3.05) is 0 Å². The largest absolute Gasteiger partial charge is 1.00 e. The molecule has 0 aromatic rings. The van der Waals surface area contributed by atoms with Gasteiger partial charge < -0.3 is 5.11 Å². The third-order valence-corrected chi connectivity index (χ3v) is 2.06. The summed E-state index contributed by atoms with van der Waals surface area (Å²) in [4.78, 5) is 10.8. The topological polar surface area (TPSA) is 40.1 Å². The van der Waals surface area contributed by atoms with E-state index in [2.05, 4.69) is 0 Å². The van der Waals surface area contributed by atoms with Gasteiger partial charge in [-0.25, -0.2) is 0 Å². The Bertz CT molecular complexity index is 393. The van der Waals surface area contributed by atoms with E-state index in [-0.39, 0.29) is 22.4 Å². The van der Waals surface area contributed by atoms with Gasteiger partial charge in [-0.05, 0) is 11.5 Å². The number of ketones is 1. The van der Waals surface area contributed by atoms with Gasteiger partial charge in [0, 0.05) is 0 Å². The van der Waals surface area contributed by atoms with Crippen LogP contribution in [0.1, 0.15) is 20.8 Å². The van der Waals surface area contributed by atoms with Crippen LogP contribution < -0.4 is 5.11 Å². The van der Waals surface area contributed by atoms with Gasteiger partial charge in [-0.3, -0.25) is 4.79 Å². The molecule has 0 radical (unpaired) electrons. The molecule has 0 atom stereocenters. The summed E-state index contributed by atoms with van der Waals surface area (Å²) in [5.74, 6) is -16.7. The Hall–Kier alpha value is -0.540. The van der Waals surface area contributed by atoms with Crippen molar-refractivity contribution in [1.29, 1.82) is 0 Å². The normalized spacial score (nSPS) is 14.8. The van der Waals surface area contributed by atoms with E-state index >= 15 is 0 Å². The third kappa shape index (κ3) is 4.23. The first-order valence-corrected chi connectivity index (χ1v) is 4.81. The second-order valence-electron chi connectivity index (χ2n) is 4.77. The zero-order valence-electron chi connectivity index (χ0n) is 10.3. The maximum absolute atomic E-state index is 12.8. The molecule has 0 bridgehead atoms. The minimum atomic E-state index is -6.61. The van der Waals surface area contributed by atoms with Gasteiger partial charge in [-0.1, -0.05) is 20.8 Å². The first-order chi connectivity index (χ1) is 8.05. The van der Waals surface area contributed by atoms with Crippen LogP contribution in [-0.4, -0.2) is 23.8 Å². The van der Waals surface area contributed by atoms with Crippen LogP contribution in [0.4, 0.5) is 30.7 Å². The summed E-state index contributed by atoms with van der Waals surface area (Å²) in [6.45, 7) is 3.54. The van der Waals surface area contributed by atoms with Crippen LogP contribution >= 0.6 is 0 Å². The molecular weight excluding hydrogens is 393 g/mol. The molecule has 0 amide bonds. The molecule has 122 valence electrons. The number of hydrogen-bond acceptors (Lipinski definition) is 2. The number of rotatable bonds is 3.